The molecule has 1 aromatic rings. The van der Waals surface area contributed by atoms with Gasteiger partial charge in [-0.2, -0.15) is 10.4 Å². The zero-order valence-corrected chi connectivity index (χ0v) is 13.7. The predicted molar refractivity (Wildman–Crippen MR) is 83.5 cm³/mol. The molecule has 0 N–H and O–H groups in total. The van der Waals surface area contributed by atoms with E-state index in [2.05, 4.69) is 16.1 Å². The molecular formula is C15H23BN4O2. The van der Waals surface area contributed by atoms with Crippen molar-refractivity contribution in [3.63, 3.8) is 0 Å². The summed E-state index contributed by atoms with van der Waals surface area (Å²) in [6.45, 7) is 11.7. The van der Waals surface area contributed by atoms with Gasteiger partial charge in [0.15, 0.2) is 0 Å². The Morgan fingerprint density at radius 1 is 1.27 bits per heavy atom. The maximum atomic E-state index is 8.78. The highest BCUT2D eigenvalue weighted by molar-refractivity contribution is 6.61. The van der Waals surface area contributed by atoms with E-state index < -0.39 is 0 Å². The topological polar surface area (TPSA) is 63.3 Å². The maximum absolute atomic E-state index is 8.78. The first-order valence-corrected chi connectivity index (χ1v) is 7.81. The fourth-order valence-electron chi connectivity index (χ4n) is 2.68. The number of hydrogen-bond donors (Lipinski definition) is 0. The molecule has 3 rings (SSSR count). The summed E-state index contributed by atoms with van der Waals surface area (Å²) in [6.07, 6.45) is 3.81. The zero-order chi connectivity index (χ0) is 16.0. The number of likely N-dealkylation sites (tertiary alicyclic amines) is 1. The van der Waals surface area contributed by atoms with Gasteiger partial charge in [-0.15, -0.1) is 0 Å². The largest absolute Gasteiger partial charge is 0.498 e. The van der Waals surface area contributed by atoms with E-state index in [1.165, 1.54) is 0 Å². The third-order valence-corrected chi connectivity index (χ3v) is 4.96. The molecule has 0 unspecified atom stereocenters. The van der Waals surface area contributed by atoms with Crippen LogP contribution in [-0.2, 0) is 15.9 Å². The molecule has 2 fully saturated rings. The van der Waals surface area contributed by atoms with Crippen LogP contribution in [-0.4, -0.2) is 52.6 Å². The highest BCUT2D eigenvalue weighted by Crippen LogP contribution is 2.36. The number of rotatable bonds is 4. The Morgan fingerprint density at radius 3 is 2.50 bits per heavy atom. The minimum Gasteiger partial charge on any atom is -0.399 e. The minimum atomic E-state index is -0.356. The first kappa shape index (κ1) is 15.5. The van der Waals surface area contributed by atoms with Crippen molar-refractivity contribution < 1.29 is 9.31 Å². The molecule has 1 aromatic heterocycles. The fourth-order valence-corrected chi connectivity index (χ4v) is 2.68. The molecule has 3 heterocycles. The second-order valence-electron chi connectivity index (χ2n) is 7.21. The Kier molecular flexibility index (Phi) is 3.80. The van der Waals surface area contributed by atoms with Gasteiger partial charge in [0.25, 0.3) is 0 Å². The van der Waals surface area contributed by atoms with Crippen LogP contribution in [0.1, 0.15) is 27.7 Å². The zero-order valence-electron chi connectivity index (χ0n) is 13.7. The molecule has 0 bridgehead atoms. The van der Waals surface area contributed by atoms with Crippen LogP contribution < -0.4 is 5.46 Å². The van der Waals surface area contributed by atoms with Crippen LogP contribution in [0.2, 0.25) is 0 Å². The normalized spacial score (nSPS) is 24.2. The van der Waals surface area contributed by atoms with Crippen molar-refractivity contribution in [3.8, 4) is 6.07 Å². The van der Waals surface area contributed by atoms with Crippen molar-refractivity contribution >= 4 is 12.6 Å². The first-order valence-electron chi connectivity index (χ1n) is 7.81. The molecule has 0 radical (unpaired) electrons. The first-order chi connectivity index (χ1) is 10.3. The Morgan fingerprint density at radius 2 is 1.91 bits per heavy atom. The highest BCUT2D eigenvalue weighted by Gasteiger charge is 2.52. The number of aromatic nitrogens is 2. The second-order valence-corrected chi connectivity index (χ2v) is 7.21. The lowest BCUT2D eigenvalue weighted by molar-refractivity contribution is 0.00578. The van der Waals surface area contributed by atoms with Crippen molar-refractivity contribution in [3.05, 3.63) is 12.4 Å². The molecule has 0 atom stereocenters. The van der Waals surface area contributed by atoms with E-state index in [0.717, 1.165) is 31.6 Å². The van der Waals surface area contributed by atoms with Crippen LogP contribution in [0.4, 0.5) is 0 Å². The molecule has 7 heteroatoms. The third kappa shape index (κ3) is 2.79. The van der Waals surface area contributed by atoms with Gasteiger partial charge in [0.1, 0.15) is 0 Å². The number of hydrogen-bond acceptors (Lipinski definition) is 5. The molecule has 6 nitrogen and oxygen atoms in total. The van der Waals surface area contributed by atoms with E-state index in [1.54, 1.807) is 0 Å². The molecule has 0 aliphatic carbocycles. The van der Waals surface area contributed by atoms with Crippen LogP contribution in [0, 0.1) is 17.2 Å². The van der Waals surface area contributed by atoms with Gasteiger partial charge in [0.2, 0.25) is 0 Å². The maximum Gasteiger partial charge on any atom is 0.498 e. The Balaban J connectivity index is 1.55. The SMILES string of the molecule is CC1(C)OB(c2cnn(CCN3CC(C#N)C3)c2)OC1(C)C. The van der Waals surface area contributed by atoms with Gasteiger partial charge < -0.3 is 9.31 Å². The van der Waals surface area contributed by atoms with E-state index in [4.69, 9.17) is 14.6 Å². The molecule has 2 aliphatic rings. The summed E-state index contributed by atoms with van der Waals surface area (Å²) < 4.78 is 14.0. The number of nitriles is 1. The van der Waals surface area contributed by atoms with Crippen molar-refractivity contribution in [1.82, 2.24) is 14.7 Å². The Bertz CT molecular complexity index is 571. The van der Waals surface area contributed by atoms with E-state index >= 15 is 0 Å². The fraction of sp³-hybridized carbons (Fsp3) is 0.733. The molecule has 2 aliphatic heterocycles. The lowest BCUT2D eigenvalue weighted by Gasteiger charge is -2.34. The quantitative estimate of drug-likeness (QED) is 0.764. The lowest BCUT2D eigenvalue weighted by atomic mass is 9.82. The van der Waals surface area contributed by atoms with E-state index in [1.807, 2.05) is 44.8 Å². The van der Waals surface area contributed by atoms with Crippen LogP contribution >= 0.6 is 0 Å². The predicted octanol–water partition coefficient (Wildman–Crippen LogP) is 0.638. The number of nitrogens with zero attached hydrogens (tertiary/aromatic N) is 4. The summed E-state index contributed by atoms with van der Waals surface area (Å²) in [5.74, 6) is 0.206. The highest BCUT2D eigenvalue weighted by atomic mass is 16.7. The van der Waals surface area contributed by atoms with Crippen molar-refractivity contribution in [2.75, 3.05) is 19.6 Å². The summed E-state index contributed by atoms with van der Waals surface area (Å²) in [5.41, 5.74) is 0.296. The Hall–Kier alpha value is -1.36. The summed E-state index contributed by atoms with van der Waals surface area (Å²) in [7, 11) is -0.356. The smallest absolute Gasteiger partial charge is 0.399 e. The van der Waals surface area contributed by atoms with Gasteiger partial charge in [-0.3, -0.25) is 9.58 Å². The molecule has 22 heavy (non-hydrogen) atoms. The van der Waals surface area contributed by atoms with Gasteiger partial charge in [-0.05, 0) is 27.7 Å². The van der Waals surface area contributed by atoms with Crippen LogP contribution in [0.3, 0.4) is 0 Å². The van der Waals surface area contributed by atoms with E-state index in [9.17, 15) is 0 Å². The van der Waals surface area contributed by atoms with Crippen molar-refractivity contribution in [1.29, 1.82) is 5.26 Å². The average molecular weight is 302 g/mol. The molecule has 0 amide bonds. The van der Waals surface area contributed by atoms with Crippen LogP contribution in [0.5, 0.6) is 0 Å². The van der Waals surface area contributed by atoms with Gasteiger partial charge in [0.05, 0.1) is 29.7 Å². The summed E-state index contributed by atoms with van der Waals surface area (Å²) in [6, 6.07) is 2.29. The van der Waals surface area contributed by atoms with E-state index in [0.29, 0.717) is 0 Å². The monoisotopic (exact) mass is 302 g/mol. The lowest BCUT2D eigenvalue weighted by Crippen LogP contribution is -2.47. The van der Waals surface area contributed by atoms with E-state index in [-0.39, 0.29) is 24.2 Å². The molecule has 0 saturated carbocycles. The van der Waals surface area contributed by atoms with Gasteiger partial charge in [-0.1, -0.05) is 0 Å². The van der Waals surface area contributed by atoms with Gasteiger partial charge in [0, 0.05) is 37.5 Å². The molecule has 0 spiro atoms. The van der Waals surface area contributed by atoms with Crippen LogP contribution in [0.25, 0.3) is 0 Å². The van der Waals surface area contributed by atoms with Gasteiger partial charge in [-0.25, -0.2) is 0 Å². The molecular weight excluding hydrogens is 279 g/mol. The van der Waals surface area contributed by atoms with Crippen molar-refractivity contribution in [2.45, 2.75) is 45.4 Å². The second kappa shape index (κ2) is 5.37. The molecule has 0 aromatic carbocycles. The average Bonchev–Trinajstić information content (AvgIpc) is 2.91. The Labute approximate surface area is 132 Å². The minimum absolute atomic E-state index is 0.206. The summed E-state index contributed by atoms with van der Waals surface area (Å²) in [5, 5.41) is 13.2. The molecule has 2 saturated heterocycles. The summed E-state index contributed by atoms with van der Waals surface area (Å²) in [4.78, 5) is 2.27. The van der Waals surface area contributed by atoms with Crippen LogP contribution in [0.15, 0.2) is 12.4 Å². The third-order valence-electron chi connectivity index (χ3n) is 4.96. The van der Waals surface area contributed by atoms with Crippen molar-refractivity contribution in [2.24, 2.45) is 5.92 Å². The molecule has 118 valence electrons. The summed E-state index contributed by atoms with van der Waals surface area (Å²) >= 11 is 0. The van der Waals surface area contributed by atoms with Gasteiger partial charge >= 0.3 is 7.12 Å². The standard InChI is InChI=1S/C15H23BN4O2/c1-14(2)15(3,4)22-16(21-14)13-8-18-20(11-13)6-5-19-9-12(7-17)10-19/h8,11-12H,5-6,9-10H2,1-4H3.